The molecule has 1 saturated carbocycles. The van der Waals surface area contributed by atoms with Crippen molar-refractivity contribution in [1.29, 1.82) is 0 Å². The summed E-state index contributed by atoms with van der Waals surface area (Å²) in [5.74, 6) is 0.0377. The molecule has 1 aliphatic carbocycles. The van der Waals surface area contributed by atoms with Gasteiger partial charge < -0.3 is 10.6 Å². The van der Waals surface area contributed by atoms with Crippen molar-refractivity contribution in [3.05, 3.63) is 0 Å². The maximum absolute atomic E-state index is 11.1. The van der Waals surface area contributed by atoms with Crippen molar-refractivity contribution in [3.8, 4) is 0 Å². The van der Waals surface area contributed by atoms with Gasteiger partial charge >= 0.3 is 0 Å². The Hall–Kier alpha value is -0.400. The van der Waals surface area contributed by atoms with Crippen molar-refractivity contribution in [2.45, 2.75) is 31.7 Å². The van der Waals surface area contributed by atoms with Crippen LogP contribution >= 0.6 is 12.2 Å². The van der Waals surface area contributed by atoms with Crippen molar-refractivity contribution in [1.82, 2.24) is 15.4 Å². The van der Waals surface area contributed by atoms with E-state index in [9.17, 15) is 8.42 Å². The van der Waals surface area contributed by atoms with E-state index in [2.05, 4.69) is 15.4 Å². The van der Waals surface area contributed by atoms with Gasteiger partial charge in [0, 0.05) is 12.6 Å². The summed E-state index contributed by atoms with van der Waals surface area (Å²) in [5, 5.41) is 6.64. The van der Waals surface area contributed by atoms with E-state index in [0.29, 0.717) is 17.7 Å². The maximum Gasteiger partial charge on any atom is 0.213 e. The first-order valence-electron chi connectivity index (χ1n) is 5.49. The Morgan fingerprint density at radius 3 is 2.56 bits per heavy atom. The molecule has 0 aromatic rings. The molecular weight excluding hydrogens is 246 g/mol. The number of thiocarbonyl (C=S) groups is 1. The predicted octanol–water partition coefficient (Wildman–Crippen LogP) is -0.0577. The van der Waals surface area contributed by atoms with Crippen LogP contribution in [-0.4, -0.2) is 38.9 Å². The van der Waals surface area contributed by atoms with Crippen LogP contribution < -0.4 is 15.4 Å². The summed E-state index contributed by atoms with van der Waals surface area (Å²) in [5.41, 5.74) is 0. The molecule has 0 aliphatic heterocycles. The molecule has 1 aliphatic rings. The van der Waals surface area contributed by atoms with Crippen molar-refractivity contribution < 1.29 is 8.42 Å². The SMILES string of the molecule is CNS(=O)(=O)CCNC(=S)NC1CCCC1. The molecule has 94 valence electrons. The molecule has 0 aromatic carbocycles. The van der Waals surface area contributed by atoms with E-state index in [1.807, 2.05) is 0 Å². The van der Waals surface area contributed by atoms with Crippen LogP contribution in [0.5, 0.6) is 0 Å². The summed E-state index contributed by atoms with van der Waals surface area (Å²) in [6.07, 6.45) is 4.79. The molecule has 0 atom stereocenters. The summed E-state index contributed by atoms with van der Waals surface area (Å²) in [7, 11) is -1.74. The number of rotatable bonds is 5. The first-order chi connectivity index (χ1) is 7.53. The van der Waals surface area contributed by atoms with E-state index in [0.717, 1.165) is 12.8 Å². The fourth-order valence-electron chi connectivity index (χ4n) is 1.71. The Labute approximate surface area is 102 Å². The van der Waals surface area contributed by atoms with Crippen LogP contribution in [0.15, 0.2) is 0 Å². The quantitative estimate of drug-likeness (QED) is 0.608. The molecule has 0 radical (unpaired) electrons. The van der Waals surface area contributed by atoms with E-state index in [1.165, 1.54) is 19.9 Å². The number of nitrogens with one attached hydrogen (secondary N) is 3. The number of hydrogen-bond acceptors (Lipinski definition) is 3. The number of sulfonamides is 1. The fraction of sp³-hybridized carbons (Fsp3) is 0.889. The van der Waals surface area contributed by atoms with Gasteiger partial charge in [0.15, 0.2) is 5.11 Å². The molecule has 1 rings (SSSR count). The Kier molecular flexibility index (Phi) is 5.43. The van der Waals surface area contributed by atoms with Crippen LogP contribution in [0.2, 0.25) is 0 Å². The first kappa shape index (κ1) is 13.7. The second-order valence-electron chi connectivity index (χ2n) is 3.90. The average Bonchev–Trinajstić information content (AvgIpc) is 2.70. The topological polar surface area (TPSA) is 70.2 Å². The molecule has 1 fully saturated rings. The molecule has 5 nitrogen and oxygen atoms in total. The van der Waals surface area contributed by atoms with Gasteiger partial charge in [0.05, 0.1) is 5.75 Å². The summed E-state index contributed by atoms with van der Waals surface area (Å²) in [4.78, 5) is 0. The minimum atomic E-state index is -3.14. The van der Waals surface area contributed by atoms with Gasteiger partial charge in [-0.25, -0.2) is 13.1 Å². The van der Waals surface area contributed by atoms with Gasteiger partial charge in [0.2, 0.25) is 10.0 Å². The molecule has 16 heavy (non-hydrogen) atoms. The second-order valence-corrected chi connectivity index (χ2v) is 6.36. The first-order valence-corrected chi connectivity index (χ1v) is 7.55. The van der Waals surface area contributed by atoms with E-state index >= 15 is 0 Å². The summed E-state index contributed by atoms with van der Waals surface area (Å²) in [6.45, 7) is 0.335. The van der Waals surface area contributed by atoms with Crippen LogP contribution in [0, 0.1) is 0 Å². The van der Waals surface area contributed by atoms with E-state index in [-0.39, 0.29) is 5.75 Å². The van der Waals surface area contributed by atoms with Gasteiger partial charge in [-0.05, 0) is 32.1 Å². The van der Waals surface area contributed by atoms with Gasteiger partial charge in [-0.3, -0.25) is 0 Å². The zero-order chi connectivity index (χ0) is 12.0. The van der Waals surface area contributed by atoms with Crippen LogP contribution in [0.1, 0.15) is 25.7 Å². The van der Waals surface area contributed by atoms with E-state index < -0.39 is 10.0 Å². The van der Waals surface area contributed by atoms with Gasteiger partial charge in [-0.2, -0.15) is 0 Å². The molecule has 0 bridgehead atoms. The van der Waals surface area contributed by atoms with Gasteiger partial charge in [-0.15, -0.1) is 0 Å². The molecule has 0 spiro atoms. The normalized spacial score (nSPS) is 17.3. The Morgan fingerprint density at radius 1 is 1.38 bits per heavy atom. The second kappa shape index (κ2) is 6.36. The summed E-state index contributed by atoms with van der Waals surface area (Å²) < 4.78 is 24.5. The molecule has 0 amide bonds. The van der Waals surface area contributed by atoms with E-state index in [4.69, 9.17) is 12.2 Å². The van der Waals surface area contributed by atoms with Crippen molar-refractivity contribution >= 4 is 27.4 Å². The minimum Gasteiger partial charge on any atom is -0.362 e. The largest absolute Gasteiger partial charge is 0.362 e. The fourth-order valence-corrected chi connectivity index (χ4v) is 2.55. The lowest BCUT2D eigenvalue weighted by atomic mass is 10.3. The average molecular weight is 265 g/mol. The highest BCUT2D eigenvalue weighted by Crippen LogP contribution is 2.17. The Morgan fingerprint density at radius 2 is 2.00 bits per heavy atom. The molecule has 7 heteroatoms. The van der Waals surface area contributed by atoms with Gasteiger partial charge in [0.1, 0.15) is 0 Å². The zero-order valence-corrected chi connectivity index (χ0v) is 11.1. The highest BCUT2D eigenvalue weighted by atomic mass is 32.2. The zero-order valence-electron chi connectivity index (χ0n) is 9.45. The lowest BCUT2D eigenvalue weighted by Gasteiger charge is -2.15. The third kappa shape index (κ3) is 5.09. The predicted molar refractivity (Wildman–Crippen MR) is 68.8 cm³/mol. The van der Waals surface area contributed by atoms with Crippen molar-refractivity contribution in [2.75, 3.05) is 19.3 Å². The van der Waals surface area contributed by atoms with Crippen LogP contribution in [0.25, 0.3) is 0 Å². The molecule has 0 aromatic heterocycles. The van der Waals surface area contributed by atoms with Crippen LogP contribution in [0.3, 0.4) is 0 Å². The molecule has 0 unspecified atom stereocenters. The van der Waals surface area contributed by atoms with Crippen LogP contribution in [0.4, 0.5) is 0 Å². The highest BCUT2D eigenvalue weighted by molar-refractivity contribution is 7.89. The molecule has 0 saturated heterocycles. The summed E-state index contributed by atoms with van der Waals surface area (Å²) >= 11 is 5.08. The third-order valence-electron chi connectivity index (χ3n) is 2.66. The number of hydrogen-bond donors (Lipinski definition) is 3. The summed E-state index contributed by atoms with van der Waals surface area (Å²) in [6, 6.07) is 0.459. The van der Waals surface area contributed by atoms with Crippen molar-refractivity contribution in [3.63, 3.8) is 0 Å². The van der Waals surface area contributed by atoms with E-state index in [1.54, 1.807) is 0 Å². The van der Waals surface area contributed by atoms with Crippen LogP contribution in [-0.2, 0) is 10.0 Å². The Balaban J connectivity index is 2.15. The molecule has 3 N–H and O–H groups in total. The standard InChI is InChI=1S/C9H19N3O2S2/c1-10-16(13,14)7-6-11-9(15)12-8-4-2-3-5-8/h8,10H,2-7H2,1H3,(H2,11,12,15). The highest BCUT2D eigenvalue weighted by Gasteiger charge is 2.15. The molecular formula is C9H19N3O2S2. The lowest BCUT2D eigenvalue weighted by Crippen LogP contribution is -2.42. The lowest BCUT2D eigenvalue weighted by molar-refractivity contribution is 0.586. The van der Waals surface area contributed by atoms with Gasteiger partial charge in [-0.1, -0.05) is 12.8 Å². The monoisotopic (exact) mass is 265 g/mol. The third-order valence-corrected chi connectivity index (χ3v) is 4.28. The van der Waals surface area contributed by atoms with Crippen molar-refractivity contribution in [2.24, 2.45) is 0 Å². The smallest absolute Gasteiger partial charge is 0.213 e. The maximum atomic E-state index is 11.1. The van der Waals surface area contributed by atoms with Gasteiger partial charge in [0.25, 0.3) is 0 Å². The minimum absolute atomic E-state index is 0.0377. The Bertz CT molecular complexity index is 324. The molecule has 0 heterocycles.